The van der Waals surface area contributed by atoms with Gasteiger partial charge >= 0.3 is 5.97 Å². The molecule has 0 fully saturated rings. The first-order valence-electron chi connectivity index (χ1n) is 3.79. The summed E-state index contributed by atoms with van der Waals surface area (Å²) in [5.74, 6) is -1.34. The summed E-state index contributed by atoms with van der Waals surface area (Å²) in [5, 5.41) is 12.3. The molecule has 7 nitrogen and oxygen atoms in total. The average Bonchev–Trinajstić information content (AvgIpc) is 2.59. The molecule has 1 heterocycles. The molecule has 0 amide bonds. The van der Waals surface area contributed by atoms with Crippen LogP contribution in [0.25, 0.3) is 0 Å². The number of hydrogen-bond acceptors (Lipinski definition) is 7. The fourth-order valence-electron chi connectivity index (χ4n) is 0.661. The van der Waals surface area contributed by atoms with Crippen LogP contribution in [0, 0.1) is 0 Å². The second kappa shape index (κ2) is 5.05. The quantitative estimate of drug-likeness (QED) is 0.320. The summed E-state index contributed by atoms with van der Waals surface area (Å²) in [6.07, 6.45) is 1.44. The number of oxime groups is 1. The second-order valence-corrected chi connectivity index (χ2v) is 3.07. The van der Waals surface area contributed by atoms with E-state index in [0.29, 0.717) is 0 Å². The van der Waals surface area contributed by atoms with Gasteiger partial charge < -0.3 is 15.7 Å². The molecule has 1 aromatic heterocycles. The van der Waals surface area contributed by atoms with Gasteiger partial charge in [-0.15, -0.1) is 0 Å². The maximum Gasteiger partial charge on any atom is 0.362 e. The highest BCUT2D eigenvalue weighted by Crippen LogP contribution is 2.07. The Morgan fingerprint density at radius 3 is 3.00 bits per heavy atom. The van der Waals surface area contributed by atoms with Gasteiger partial charge in [-0.3, -0.25) is 0 Å². The number of hydrogen-bond donors (Lipinski definition) is 2. The number of anilines is 1. The smallest absolute Gasteiger partial charge is 0.362 e. The standard InChI is InChI=1S/C7H8N4O3S/c1-2-3-14-10-4(6(12)13)5-9-7(8)15-11-5/h2H,1,3H2,(H,12,13)(H2,8,9,11)/b10-4+. The fraction of sp³-hybridized carbons (Fsp3) is 0.143. The van der Waals surface area contributed by atoms with Crippen LogP contribution in [0.4, 0.5) is 5.13 Å². The Balaban J connectivity index is 2.87. The van der Waals surface area contributed by atoms with E-state index >= 15 is 0 Å². The van der Waals surface area contributed by atoms with Gasteiger partial charge in [-0.1, -0.05) is 17.8 Å². The minimum Gasteiger partial charge on any atom is -0.476 e. The van der Waals surface area contributed by atoms with E-state index in [9.17, 15) is 4.79 Å². The van der Waals surface area contributed by atoms with Crippen LogP contribution in [-0.4, -0.2) is 32.8 Å². The van der Waals surface area contributed by atoms with Crippen molar-refractivity contribution in [2.75, 3.05) is 12.3 Å². The first kappa shape index (κ1) is 11.1. The molecule has 0 saturated heterocycles. The highest BCUT2D eigenvalue weighted by Gasteiger charge is 2.18. The van der Waals surface area contributed by atoms with Crippen LogP contribution in [0.1, 0.15) is 5.82 Å². The van der Waals surface area contributed by atoms with Crippen molar-refractivity contribution in [2.24, 2.45) is 5.16 Å². The Hall–Kier alpha value is -1.96. The fourth-order valence-corrected chi connectivity index (χ4v) is 1.10. The molecule has 0 saturated carbocycles. The maximum atomic E-state index is 10.8. The van der Waals surface area contributed by atoms with E-state index < -0.39 is 5.97 Å². The average molecular weight is 228 g/mol. The van der Waals surface area contributed by atoms with Crippen LogP contribution < -0.4 is 5.73 Å². The number of carboxylic acid groups (broad SMARTS) is 1. The molecule has 1 rings (SSSR count). The Morgan fingerprint density at radius 1 is 1.80 bits per heavy atom. The molecule has 0 atom stereocenters. The molecule has 0 bridgehead atoms. The first-order valence-corrected chi connectivity index (χ1v) is 4.56. The lowest BCUT2D eigenvalue weighted by Gasteiger charge is -1.95. The predicted octanol–water partition coefficient (Wildman–Crippen LogP) is 0.112. The van der Waals surface area contributed by atoms with Gasteiger partial charge in [0.2, 0.25) is 11.5 Å². The van der Waals surface area contributed by atoms with Crippen LogP contribution >= 0.6 is 11.5 Å². The largest absolute Gasteiger partial charge is 0.476 e. The highest BCUT2D eigenvalue weighted by atomic mass is 32.1. The highest BCUT2D eigenvalue weighted by molar-refractivity contribution is 7.09. The molecule has 0 aliphatic rings. The van der Waals surface area contributed by atoms with E-state index in [1.54, 1.807) is 0 Å². The Morgan fingerprint density at radius 2 is 2.53 bits per heavy atom. The SMILES string of the molecule is C=CCO/N=C(/C(=O)O)c1nsc(N)n1. The van der Waals surface area contributed by atoms with E-state index in [2.05, 4.69) is 25.9 Å². The van der Waals surface area contributed by atoms with Gasteiger partial charge in [-0.2, -0.15) is 9.36 Å². The lowest BCUT2D eigenvalue weighted by molar-refractivity contribution is -0.129. The monoisotopic (exact) mass is 228 g/mol. The third-order valence-electron chi connectivity index (χ3n) is 1.20. The van der Waals surface area contributed by atoms with Gasteiger partial charge in [-0.25, -0.2) is 4.79 Å². The van der Waals surface area contributed by atoms with Crippen molar-refractivity contribution in [2.45, 2.75) is 0 Å². The van der Waals surface area contributed by atoms with Crippen LogP contribution in [-0.2, 0) is 9.63 Å². The van der Waals surface area contributed by atoms with Crippen LogP contribution in [0.3, 0.4) is 0 Å². The molecule has 0 aliphatic heterocycles. The molecule has 0 aromatic carbocycles. The maximum absolute atomic E-state index is 10.8. The minimum absolute atomic E-state index is 0.0611. The van der Waals surface area contributed by atoms with Crippen molar-refractivity contribution >= 4 is 28.3 Å². The number of nitrogens with zero attached hydrogens (tertiary/aromatic N) is 3. The van der Waals surface area contributed by atoms with Gasteiger partial charge in [0.05, 0.1) is 0 Å². The van der Waals surface area contributed by atoms with Gasteiger partial charge in [0.1, 0.15) is 6.61 Å². The summed E-state index contributed by atoms with van der Waals surface area (Å²) in [4.78, 5) is 19.1. The zero-order valence-corrected chi connectivity index (χ0v) is 8.40. The van der Waals surface area contributed by atoms with Crippen LogP contribution in [0.15, 0.2) is 17.8 Å². The molecule has 0 radical (unpaired) electrons. The van der Waals surface area contributed by atoms with Gasteiger partial charge in [0, 0.05) is 11.5 Å². The van der Waals surface area contributed by atoms with Crippen LogP contribution in [0.5, 0.6) is 0 Å². The number of rotatable bonds is 5. The van der Waals surface area contributed by atoms with Crippen molar-refractivity contribution in [3.63, 3.8) is 0 Å². The third-order valence-corrected chi connectivity index (χ3v) is 1.75. The lowest BCUT2D eigenvalue weighted by Crippen LogP contribution is -2.16. The zero-order valence-electron chi connectivity index (χ0n) is 7.58. The minimum atomic E-state index is -1.28. The van der Waals surface area contributed by atoms with Crippen molar-refractivity contribution < 1.29 is 14.7 Å². The molecule has 8 heteroatoms. The zero-order chi connectivity index (χ0) is 11.3. The predicted molar refractivity (Wildman–Crippen MR) is 54.6 cm³/mol. The summed E-state index contributed by atoms with van der Waals surface area (Å²) < 4.78 is 3.70. The topological polar surface area (TPSA) is 111 Å². The van der Waals surface area contributed by atoms with E-state index in [0.717, 1.165) is 11.5 Å². The Labute approximate surface area is 89.0 Å². The number of nitrogens with two attached hydrogens (primary N) is 1. The number of carboxylic acids is 1. The second-order valence-electron chi connectivity index (χ2n) is 2.29. The van der Waals surface area contributed by atoms with Crippen molar-refractivity contribution in [1.29, 1.82) is 0 Å². The van der Waals surface area contributed by atoms with E-state index in [1.807, 2.05) is 0 Å². The summed E-state index contributed by atoms with van der Waals surface area (Å²) in [6, 6.07) is 0. The molecule has 1 aromatic rings. The Kier molecular flexibility index (Phi) is 3.75. The van der Waals surface area contributed by atoms with Crippen molar-refractivity contribution in [1.82, 2.24) is 9.36 Å². The van der Waals surface area contributed by atoms with E-state index in [1.165, 1.54) is 6.08 Å². The number of carbonyl (C=O) groups is 1. The normalized spacial score (nSPS) is 11.1. The summed E-state index contributed by atoms with van der Waals surface area (Å²) in [5.41, 5.74) is 4.93. The molecule has 0 aliphatic carbocycles. The summed E-state index contributed by atoms with van der Waals surface area (Å²) in [6.45, 7) is 3.50. The third kappa shape index (κ3) is 3.02. The van der Waals surface area contributed by atoms with Crippen molar-refractivity contribution in [3.05, 3.63) is 18.5 Å². The molecule has 15 heavy (non-hydrogen) atoms. The lowest BCUT2D eigenvalue weighted by atomic mass is 10.4. The number of aromatic nitrogens is 2. The molecular formula is C7H8N4O3S. The number of nitrogen functional groups attached to an aromatic ring is 1. The first-order chi connectivity index (χ1) is 7.15. The molecular weight excluding hydrogens is 220 g/mol. The molecule has 0 unspecified atom stereocenters. The summed E-state index contributed by atoms with van der Waals surface area (Å²) in [7, 11) is 0. The molecule has 3 N–H and O–H groups in total. The van der Waals surface area contributed by atoms with Gasteiger partial charge in [-0.05, 0) is 0 Å². The number of aliphatic carboxylic acids is 1. The Bertz CT molecular complexity index is 401. The summed E-state index contributed by atoms with van der Waals surface area (Å²) >= 11 is 0.886. The van der Waals surface area contributed by atoms with E-state index in [-0.39, 0.29) is 23.3 Å². The van der Waals surface area contributed by atoms with Crippen molar-refractivity contribution in [3.8, 4) is 0 Å². The van der Waals surface area contributed by atoms with Gasteiger partial charge in [0.25, 0.3) is 0 Å². The van der Waals surface area contributed by atoms with Crippen LogP contribution in [0.2, 0.25) is 0 Å². The van der Waals surface area contributed by atoms with E-state index in [4.69, 9.17) is 10.8 Å². The molecule has 80 valence electrons. The molecule has 0 spiro atoms. The van der Waals surface area contributed by atoms with Gasteiger partial charge in [0.15, 0.2) is 5.13 Å².